The topological polar surface area (TPSA) is 85.3 Å². The van der Waals surface area contributed by atoms with Gasteiger partial charge in [0.15, 0.2) is 5.78 Å². The predicted octanol–water partition coefficient (Wildman–Crippen LogP) is 2.77. The third-order valence-corrected chi connectivity index (χ3v) is 5.55. The first kappa shape index (κ1) is 17.0. The van der Waals surface area contributed by atoms with Crippen LogP contribution >= 0.6 is 21.4 Å². The fourth-order valence-corrected chi connectivity index (χ4v) is 4.02. The van der Waals surface area contributed by atoms with Crippen molar-refractivity contribution in [3.05, 3.63) is 59.7 Å². The highest BCUT2D eigenvalue weighted by Crippen LogP contribution is 2.26. The third kappa shape index (κ3) is 3.49. The molecular weight excluding hydrogens is 371 g/mol. The van der Waals surface area contributed by atoms with Gasteiger partial charge in [0.05, 0.1) is 9.79 Å². The van der Waals surface area contributed by atoms with Crippen LogP contribution < -0.4 is 0 Å². The molecule has 0 saturated heterocycles. The number of hydrogen-bond donors (Lipinski definition) is 0. The maximum atomic E-state index is 12.5. The van der Waals surface area contributed by atoms with E-state index >= 15 is 0 Å². The second kappa shape index (κ2) is 6.00. The zero-order chi connectivity index (χ0) is 16.5. The lowest BCUT2D eigenvalue weighted by Gasteiger charge is -2.08. The Hall–Kier alpha value is -1.41. The second-order valence-electron chi connectivity index (χ2n) is 4.20. The van der Waals surface area contributed by atoms with Gasteiger partial charge < -0.3 is 0 Å². The van der Waals surface area contributed by atoms with Crippen LogP contribution in [0.2, 0.25) is 0 Å². The number of ketones is 1. The SMILES string of the molecule is O=C(c1ccccc1S(=O)(=O)Cl)c1ccccc1S(=O)(=O)Cl. The molecule has 0 amide bonds. The molecule has 2 aromatic carbocycles. The lowest BCUT2D eigenvalue weighted by molar-refractivity contribution is 0.103. The number of hydrogen-bond acceptors (Lipinski definition) is 5. The average Bonchev–Trinajstić information content (AvgIpc) is 2.45. The fraction of sp³-hybridized carbons (Fsp3) is 0. The van der Waals surface area contributed by atoms with Crippen LogP contribution in [0.4, 0.5) is 0 Å². The minimum Gasteiger partial charge on any atom is -0.289 e. The van der Waals surface area contributed by atoms with E-state index in [0.717, 1.165) is 12.1 Å². The summed E-state index contributed by atoms with van der Waals surface area (Å²) < 4.78 is 46.2. The minimum absolute atomic E-state index is 0.231. The number of rotatable bonds is 4. The summed E-state index contributed by atoms with van der Waals surface area (Å²) in [6, 6.07) is 10.5. The zero-order valence-electron chi connectivity index (χ0n) is 10.7. The quantitative estimate of drug-likeness (QED) is 0.602. The molecule has 2 rings (SSSR count). The van der Waals surface area contributed by atoms with Gasteiger partial charge >= 0.3 is 0 Å². The number of carbonyl (C=O) groups excluding carboxylic acids is 1. The van der Waals surface area contributed by atoms with Crippen LogP contribution in [0.25, 0.3) is 0 Å². The molecule has 0 spiro atoms. The normalized spacial score (nSPS) is 12.1. The molecule has 0 aliphatic heterocycles. The van der Waals surface area contributed by atoms with E-state index < -0.39 is 33.7 Å². The minimum atomic E-state index is -4.17. The predicted molar refractivity (Wildman–Crippen MR) is 82.4 cm³/mol. The molecule has 0 atom stereocenters. The highest BCUT2D eigenvalue weighted by atomic mass is 35.7. The molecule has 9 heteroatoms. The monoisotopic (exact) mass is 378 g/mol. The first-order chi connectivity index (χ1) is 10.1. The number of benzene rings is 2. The van der Waals surface area contributed by atoms with Gasteiger partial charge in [0.1, 0.15) is 0 Å². The van der Waals surface area contributed by atoms with E-state index in [4.69, 9.17) is 21.4 Å². The summed E-state index contributed by atoms with van der Waals surface area (Å²) in [6.45, 7) is 0. The summed E-state index contributed by atoms with van der Waals surface area (Å²) in [7, 11) is 2.27. The van der Waals surface area contributed by atoms with E-state index in [2.05, 4.69) is 0 Å². The Labute approximate surface area is 136 Å². The molecule has 0 saturated carbocycles. The molecule has 0 unspecified atom stereocenters. The van der Waals surface area contributed by atoms with Crippen LogP contribution in [0.5, 0.6) is 0 Å². The molecular formula is C13H8Cl2O5S2. The molecule has 0 heterocycles. The van der Waals surface area contributed by atoms with Crippen LogP contribution in [0.15, 0.2) is 58.3 Å². The Morgan fingerprint density at radius 3 is 1.32 bits per heavy atom. The Kier molecular flexibility index (Phi) is 4.62. The van der Waals surface area contributed by atoms with Crippen molar-refractivity contribution in [2.24, 2.45) is 0 Å². The van der Waals surface area contributed by atoms with Gasteiger partial charge in [-0.3, -0.25) is 4.79 Å². The highest BCUT2D eigenvalue weighted by Gasteiger charge is 2.25. The summed E-state index contributed by atoms with van der Waals surface area (Å²) in [4.78, 5) is 11.7. The molecule has 0 aliphatic rings. The summed E-state index contributed by atoms with van der Waals surface area (Å²) in [5.74, 6) is -0.806. The molecule has 2 aromatic rings. The summed E-state index contributed by atoms with van der Waals surface area (Å²) in [6.07, 6.45) is 0. The van der Waals surface area contributed by atoms with Gasteiger partial charge in [-0.2, -0.15) is 0 Å². The Morgan fingerprint density at radius 1 is 0.682 bits per heavy atom. The number of carbonyl (C=O) groups is 1. The van der Waals surface area contributed by atoms with E-state index in [9.17, 15) is 21.6 Å². The van der Waals surface area contributed by atoms with Crippen LogP contribution in [0.1, 0.15) is 15.9 Å². The van der Waals surface area contributed by atoms with E-state index in [0.29, 0.717) is 0 Å². The Balaban J connectivity index is 2.71. The van der Waals surface area contributed by atoms with Crippen LogP contribution in [0.3, 0.4) is 0 Å². The zero-order valence-corrected chi connectivity index (χ0v) is 13.9. The maximum absolute atomic E-state index is 12.5. The van der Waals surface area contributed by atoms with Gasteiger partial charge in [-0.1, -0.05) is 24.3 Å². The first-order valence-corrected chi connectivity index (χ1v) is 10.4. The highest BCUT2D eigenvalue weighted by molar-refractivity contribution is 8.14. The van der Waals surface area contributed by atoms with E-state index in [1.165, 1.54) is 36.4 Å². The van der Waals surface area contributed by atoms with Gasteiger partial charge in [0.25, 0.3) is 18.1 Å². The molecule has 0 N–H and O–H groups in total. The smallest absolute Gasteiger partial charge is 0.262 e. The van der Waals surface area contributed by atoms with Crippen LogP contribution in [-0.2, 0) is 18.1 Å². The van der Waals surface area contributed by atoms with Crippen molar-refractivity contribution in [1.82, 2.24) is 0 Å². The maximum Gasteiger partial charge on any atom is 0.262 e. The molecule has 0 bridgehead atoms. The fourth-order valence-electron chi connectivity index (χ4n) is 1.88. The van der Waals surface area contributed by atoms with Crippen LogP contribution in [-0.4, -0.2) is 22.6 Å². The van der Waals surface area contributed by atoms with Gasteiger partial charge in [-0.15, -0.1) is 0 Å². The van der Waals surface area contributed by atoms with E-state index in [1.807, 2.05) is 0 Å². The van der Waals surface area contributed by atoms with E-state index in [1.54, 1.807) is 0 Å². The average molecular weight is 379 g/mol. The standard InChI is InChI=1S/C13H8Cl2O5S2/c14-21(17,18)11-7-3-1-5-9(11)13(16)10-6-2-4-8-12(10)22(15,19)20/h1-8H. The van der Waals surface area contributed by atoms with Crippen molar-refractivity contribution >= 4 is 45.2 Å². The van der Waals surface area contributed by atoms with Crippen molar-refractivity contribution in [2.45, 2.75) is 9.79 Å². The third-order valence-electron chi connectivity index (χ3n) is 2.79. The Morgan fingerprint density at radius 2 is 1.00 bits per heavy atom. The van der Waals surface area contributed by atoms with Crippen molar-refractivity contribution in [1.29, 1.82) is 0 Å². The molecule has 116 valence electrons. The number of halogens is 2. The van der Waals surface area contributed by atoms with Gasteiger partial charge in [0, 0.05) is 32.5 Å². The molecule has 0 aliphatic carbocycles. The lowest BCUT2D eigenvalue weighted by Crippen LogP contribution is -2.10. The Bertz CT molecular complexity index is 872. The molecule has 0 aromatic heterocycles. The first-order valence-electron chi connectivity index (χ1n) is 5.74. The second-order valence-corrected chi connectivity index (χ2v) is 9.27. The molecule has 0 fully saturated rings. The van der Waals surface area contributed by atoms with E-state index in [-0.39, 0.29) is 11.1 Å². The van der Waals surface area contributed by atoms with Crippen molar-refractivity contribution in [3.8, 4) is 0 Å². The molecule has 5 nitrogen and oxygen atoms in total. The summed E-state index contributed by atoms with van der Waals surface area (Å²) >= 11 is 0. The van der Waals surface area contributed by atoms with Crippen LogP contribution in [0, 0.1) is 0 Å². The molecule has 22 heavy (non-hydrogen) atoms. The van der Waals surface area contributed by atoms with Crippen molar-refractivity contribution < 1.29 is 21.6 Å². The van der Waals surface area contributed by atoms with Gasteiger partial charge in [-0.25, -0.2) is 16.8 Å². The van der Waals surface area contributed by atoms with Crippen molar-refractivity contribution in [2.75, 3.05) is 0 Å². The summed E-state index contributed by atoms with van der Waals surface area (Å²) in [5.41, 5.74) is -0.462. The van der Waals surface area contributed by atoms with Gasteiger partial charge in [0.2, 0.25) is 0 Å². The lowest BCUT2D eigenvalue weighted by atomic mass is 10.0. The summed E-state index contributed by atoms with van der Waals surface area (Å²) in [5, 5.41) is 0. The van der Waals surface area contributed by atoms with Crippen molar-refractivity contribution in [3.63, 3.8) is 0 Å². The van der Waals surface area contributed by atoms with Gasteiger partial charge in [-0.05, 0) is 24.3 Å². The molecule has 0 radical (unpaired) electrons. The largest absolute Gasteiger partial charge is 0.289 e.